The molecule has 0 unspecified atom stereocenters. The molecular formula is C20H27NO. The van der Waals surface area contributed by atoms with Crippen molar-refractivity contribution < 1.29 is 4.74 Å². The van der Waals surface area contributed by atoms with Gasteiger partial charge >= 0.3 is 0 Å². The normalized spacial score (nSPS) is 14.4. The zero-order valence-corrected chi connectivity index (χ0v) is 13.8. The topological polar surface area (TPSA) is 21.6 Å². The number of benzene rings is 1. The molecule has 1 aromatic rings. The van der Waals surface area contributed by atoms with Crippen LogP contribution >= 0.6 is 0 Å². The Hall–Kier alpha value is -1.83. The fourth-order valence-electron chi connectivity index (χ4n) is 2.62. The molecule has 22 heavy (non-hydrogen) atoms. The first-order chi connectivity index (χ1) is 10.8. The number of hydrogen-bond acceptors (Lipinski definition) is 2. The largest absolute Gasteiger partial charge is 0.494 e. The van der Waals surface area contributed by atoms with Crippen LogP contribution in [0.3, 0.4) is 0 Å². The molecule has 0 spiro atoms. The second kappa shape index (κ2) is 9.24. The number of fused-ring (bicyclic) bond motifs is 1. The SMILES string of the molecule is C/C=C/C=C/C1=NCCc2cc(OCCCCCC)ccc21. The van der Waals surface area contributed by atoms with E-state index in [1.54, 1.807) is 0 Å². The summed E-state index contributed by atoms with van der Waals surface area (Å²) in [6, 6.07) is 6.41. The lowest BCUT2D eigenvalue weighted by molar-refractivity contribution is 0.305. The van der Waals surface area contributed by atoms with Gasteiger partial charge in [0.15, 0.2) is 0 Å². The highest BCUT2D eigenvalue weighted by atomic mass is 16.5. The summed E-state index contributed by atoms with van der Waals surface area (Å²) in [7, 11) is 0. The molecule has 2 rings (SSSR count). The highest BCUT2D eigenvalue weighted by Crippen LogP contribution is 2.23. The minimum absolute atomic E-state index is 0.820. The molecule has 1 aliphatic rings. The van der Waals surface area contributed by atoms with Gasteiger partial charge in [-0.05, 0) is 49.6 Å². The highest BCUT2D eigenvalue weighted by molar-refractivity contribution is 6.10. The molecule has 1 aromatic carbocycles. The molecular weight excluding hydrogens is 270 g/mol. The molecule has 0 aliphatic carbocycles. The van der Waals surface area contributed by atoms with Crippen LogP contribution in [0.5, 0.6) is 5.75 Å². The van der Waals surface area contributed by atoms with Crippen molar-refractivity contribution >= 4 is 5.71 Å². The van der Waals surface area contributed by atoms with E-state index in [4.69, 9.17) is 4.74 Å². The molecule has 0 N–H and O–H groups in total. The summed E-state index contributed by atoms with van der Waals surface area (Å²) in [4.78, 5) is 4.62. The van der Waals surface area contributed by atoms with E-state index in [0.29, 0.717) is 0 Å². The maximum absolute atomic E-state index is 5.88. The number of allylic oxidation sites excluding steroid dienone is 4. The number of hydrogen-bond donors (Lipinski definition) is 0. The first kappa shape index (κ1) is 16.5. The average molecular weight is 297 g/mol. The van der Waals surface area contributed by atoms with Gasteiger partial charge in [-0.1, -0.05) is 44.4 Å². The van der Waals surface area contributed by atoms with Crippen molar-refractivity contribution in [3.63, 3.8) is 0 Å². The van der Waals surface area contributed by atoms with Gasteiger partial charge in [-0.3, -0.25) is 4.99 Å². The third kappa shape index (κ3) is 4.87. The van der Waals surface area contributed by atoms with Crippen LogP contribution in [0.4, 0.5) is 0 Å². The lowest BCUT2D eigenvalue weighted by atomic mass is 9.97. The second-order valence-electron chi connectivity index (χ2n) is 5.63. The third-order valence-corrected chi connectivity index (χ3v) is 3.84. The molecule has 0 atom stereocenters. The summed E-state index contributed by atoms with van der Waals surface area (Å²) in [5, 5.41) is 0. The Morgan fingerprint density at radius 3 is 2.91 bits per heavy atom. The highest BCUT2D eigenvalue weighted by Gasteiger charge is 2.12. The van der Waals surface area contributed by atoms with Gasteiger partial charge in [-0.25, -0.2) is 0 Å². The van der Waals surface area contributed by atoms with Crippen LogP contribution in [0.15, 0.2) is 47.5 Å². The van der Waals surface area contributed by atoms with Gasteiger partial charge in [0.05, 0.1) is 12.3 Å². The van der Waals surface area contributed by atoms with Crippen molar-refractivity contribution in [1.29, 1.82) is 0 Å². The van der Waals surface area contributed by atoms with E-state index < -0.39 is 0 Å². The zero-order chi connectivity index (χ0) is 15.6. The van der Waals surface area contributed by atoms with Crippen molar-refractivity contribution in [2.75, 3.05) is 13.2 Å². The lowest BCUT2D eigenvalue weighted by Gasteiger charge is -2.16. The van der Waals surface area contributed by atoms with Gasteiger partial charge < -0.3 is 4.74 Å². The van der Waals surface area contributed by atoms with Gasteiger partial charge in [0.2, 0.25) is 0 Å². The minimum atomic E-state index is 0.820. The minimum Gasteiger partial charge on any atom is -0.494 e. The van der Waals surface area contributed by atoms with E-state index in [9.17, 15) is 0 Å². The van der Waals surface area contributed by atoms with Crippen molar-refractivity contribution in [2.24, 2.45) is 4.99 Å². The smallest absolute Gasteiger partial charge is 0.119 e. The van der Waals surface area contributed by atoms with Gasteiger partial charge in [-0.15, -0.1) is 0 Å². The molecule has 0 fully saturated rings. The average Bonchev–Trinajstić information content (AvgIpc) is 2.55. The van der Waals surface area contributed by atoms with E-state index in [1.807, 2.05) is 25.2 Å². The van der Waals surface area contributed by atoms with E-state index >= 15 is 0 Å². The fourth-order valence-corrected chi connectivity index (χ4v) is 2.62. The summed E-state index contributed by atoms with van der Waals surface area (Å²) in [6.07, 6.45) is 14.2. The zero-order valence-electron chi connectivity index (χ0n) is 13.8. The molecule has 2 nitrogen and oxygen atoms in total. The van der Waals surface area contributed by atoms with E-state index in [1.165, 1.54) is 30.4 Å². The van der Waals surface area contributed by atoms with Crippen molar-refractivity contribution in [2.45, 2.75) is 46.0 Å². The van der Waals surface area contributed by atoms with Crippen LogP contribution in [-0.2, 0) is 6.42 Å². The first-order valence-electron chi connectivity index (χ1n) is 8.45. The van der Waals surface area contributed by atoms with Crippen LogP contribution < -0.4 is 4.74 Å². The standard InChI is InChI=1S/C20H27NO/c1-3-5-7-9-15-22-18-11-12-19-17(16-18)13-14-21-20(19)10-8-6-4-2/h4,6,8,10-12,16H,3,5,7,9,13-15H2,1-2H3/b6-4+,10-8+. The Kier molecular flexibility index (Phi) is 6.95. The predicted molar refractivity (Wildman–Crippen MR) is 95.1 cm³/mol. The number of unbranched alkanes of at least 4 members (excludes halogenated alkanes) is 3. The van der Waals surface area contributed by atoms with E-state index in [2.05, 4.69) is 36.2 Å². The van der Waals surface area contributed by atoms with E-state index in [-0.39, 0.29) is 0 Å². The van der Waals surface area contributed by atoms with Gasteiger partial charge in [0, 0.05) is 12.1 Å². The maximum Gasteiger partial charge on any atom is 0.119 e. The van der Waals surface area contributed by atoms with Gasteiger partial charge in [-0.2, -0.15) is 0 Å². The van der Waals surface area contributed by atoms with Crippen LogP contribution in [0, 0.1) is 0 Å². The molecule has 1 aliphatic heterocycles. The molecule has 0 radical (unpaired) electrons. The second-order valence-corrected chi connectivity index (χ2v) is 5.63. The Labute approximate surface area is 134 Å². The summed E-state index contributed by atoms with van der Waals surface area (Å²) >= 11 is 0. The van der Waals surface area contributed by atoms with Crippen LogP contribution in [0.1, 0.15) is 50.7 Å². The Balaban J connectivity index is 1.98. The molecule has 0 saturated heterocycles. The predicted octanol–water partition coefficient (Wildman–Crippen LogP) is 5.12. The monoisotopic (exact) mass is 297 g/mol. The van der Waals surface area contributed by atoms with Crippen LogP contribution in [-0.4, -0.2) is 18.9 Å². The molecule has 0 aromatic heterocycles. The number of rotatable bonds is 8. The summed E-state index contributed by atoms with van der Waals surface area (Å²) in [5.41, 5.74) is 3.67. The maximum atomic E-state index is 5.88. The number of aliphatic imine (C=N–C) groups is 1. The van der Waals surface area contributed by atoms with Crippen LogP contribution in [0.25, 0.3) is 0 Å². The summed E-state index contributed by atoms with van der Waals surface area (Å²) < 4.78 is 5.88. The molecule has 1 heterocycles. The first-order valence-corrected chi connectivity index (χ1v) is 8.45. The molecule has 0 amide bonds. The van der Waals surface area contributed by atoms with E-state index in [0.717, 1.165) is 37.5 Å². The van der Waals surface area contributed by atoms with Gasteiger partial charge in [0.1, 0.15) is 5.75 Å². The summed E-state index contributed by atoms with van der Waals surface area (Å²) in [6.45, 7) is 5.93. The quantitative estimate of drug-likeness (QED) is 0.482. The Morgan fingerprint density at radius 2 is 2.09 bits per heavy atom. The van der Waals surface area contributed by atoms with Gasteiger partial charge in [0.25, 0.3) is 0 Å². The number of ether oxygens (including phenoxy) is 1. The Bertz CT molecular complexity index is 555. The van der Waals surface area contributed by atoms with Crippen molar-refractivity contribution in [3.8, 4) is 5.75 Å². The number of nitrogens with zero attached hydrogens (tertiary/aromatic N) is 1. The molecule has 0 bridgehead atoms. The molecule has 2 heteroatoms. The summed E-state index contributed by atoms with van der Waals surface area (Å²) in [5.74, 6) is 0.994. The lowest BCUT2D eigenvalue weighted by Crippen LogP contribution is -2.11. The van der Waals surface area contributed by atoms with Crippen molar-refractivity contribution in [3.05, 3.63) is 53.6 Å². The third-order valence-electron chi connectivity index (χ3n) is 3.84. The Morgan fingerprint density at radius 1 is 1.18 bits per heavy atom. The van der Waals surface area contributed by atoms with Crippen molar-refractivity contribution in [1.82, 2.24) is 0 Å². The molecule has 0 saturated carbocycles. The molecule has 118 valence electrons. The van der Waals surface area contributed by atoms with Crippen LogP contribution in [0.2, 0.25) is 0 Å². The fraction of sp³-hybridized carbons (Fsp3) is 0.450.